The second kappa shape index (κ2) is 7.66. The lowest BCUT2D eigenvalue weighted by atomic mass is 10.2. The molecule has 1 rings (SSSR count). The number of likely N-dealkylation sites (N-methyl/N-ethyl adjacent to an activating group) is 1. The van der Waals surface area contributed by atoms with Crippen molar-refractivity contribution in [3.8, 4) is 17.2 Å². The Morgan fingerprint density at radius 2 is 1.50 bits per heavy atom. The average Bonchev–Trinajstić information content (AvgIpc) is 2.42. The minimum absolute atomic E-state index is 0.659. The van der Waals surface area contributed by atoms with Crippen molar-refractivity contribution in [2.75, 3.05) is 46.3 Å². The van der Waals surface area contributed by atoms with Gasteiger partial charge in [-0.05, 0) is 6.54 Å². The lowest BCUT2D eigenvalue weighted by Crippen LogP contribution is -2.21. The molecular weight excluding hydrogens is 232 g/mol. The Morgan fingerprint density at radius 3 is 2.06 bits per heavy atom. The predicted molar refractivity (Wildman–Crippen MR) is 73.1 cm³/mol. The van der Waals surface area contributed by atoms with Crippen molar-refractivity contribution in [1.29, 1.82) is 0 Å². The van der Waals surface area contributed by atoms with E-state index in [1.165, 1.54) is 0 Å². The molecular formula is C13H22N2O3. The van der Waals surface area contributed by atoms with E-state index in [9.17, 15) is 0 Å². The van der Waals surface area contributed by atoms with Gasteiger partial charge in [0.05, 0.1) is 27.0 Å². The van der Waals surface area contributed by atoms with Crippen LogP contribution in [-0.4, -0.2) is 41.0 Å². The summed E-state index contributed by atoms with van der Waals surface area (Å²) in [5.41, 5.74) is 0.896. The molecule has 0 saturated heterocycles. The largest absolute Gasteiger partial charge is 0.494 e. The van der Waals surface area contributed by atoms with E-state index in [0.717, 1.165) is 31.1 Å². The van der Waals surface area contributed by atoms with Gasteiger partial charge in [0, 0.05) is 25.2 Å². The summed E-state index contributed by atoms with van der Waals surface area (Å²) in [4.78, 5) is 0. The molecule has 1 aromatic carbocycles. The molecule has 0 radical (unpaired) electrons. The lowest BCUT2D eigenvalue weighted by Gasteiger charge is -2.15. The molecule has 102 valence electrons. The number of methoxy groups -OCH3 is 3. The smallest absolute Gasteiger partial charge is 0.164 e. The Bertz CT molecular complexity index is 369. The van der Waals surface area contributed by atoms with Crippen LogP contribution in [0.3, 0.4) is 0 Å². The summed E-state index contributed by atoms with van der Waals surface area (Å²) in [6, 6.07) is 3.69. The van der Waals surface area contributed by atoms with E-state index >= 15 is 0 Å². The van der Waals surface area contributed by atoms with Gasteiger partial charge < -0.3 is 24.8 Å². The minimum atomic E-state index is 0.659. The molecule has 0 bridgehead atoms. The van der Waals surface area contributed by atoms with Crippen LogP contribution >= 0.6 is 0 Å². The van der Waals surface area contributed by atoms with Crippen molar-refractivity contribution >= 4 is 5.69 Å². The number of rotatable bonds is 8. The zero-order chi connectivity index (χ0) is 13.4. The minimum Gasteiger partial charge on any atom is -0.494 e. The van der Waals surface area contributed by atoms with Gasteiger partial charge in [0.2, 0.25) is 0 Å². The Kier molecular flexibility index (Phi) is 6.14. The van der Waals surface area contributed by atoms with Gasteiger partial charge in [-0.25, -0.2) is 0 Å². The zero-order valence-electron chi connectivity index (χ0n) is 11.5. The number of anilines is 1. The van der Waals surface area contributed by atoms with E-state index in [4.69, 9.17) is 14.2 Å². The van der Waals surface area contributed by atoms with Crippen molar-refractivity contribution in [1.82, 2.24) is 5.32 Å². The number of hydrogen-bond donors (Lipinski definition) is 2. The van der Waals surface area contributed by atoms with Crippen molar-refractivity contribution in [3.05, 3.63) is 12.1 Å². The molecule has 0 atom stereocenters. The predicted octanol–water partition coefficient (Wildman–Crippen LogP) is 1.73. The van der Waals surface area contributed by atoms with Crippen LogP contribution in [0.4, 0.5) is 5.69 Å². The molecule has 5 nitrogen and oxygen atoms in total. The molecule has 2 N–H and O–H groups in total. The number of ether oxygens (including phenoxy) is 3. The van der Waals surface area contributed by atoms with Crippen LogP contribution < -0.4 is 24.8 Å². The first-order valence-electron chi connectivity index (χ1n) is 6.01. The third kappa shape index (κ3) is 3.70. The van der Waals surface area contributed by atoms with Gasteiger partial charge in [-0.3, -0.25) is 0 Å². The number of benzene rings is 1. The molecule has 0 aliphatic heterocycles. The molecule has 0 fully saturated rings. The molecule has 0 heterocycles. The molecule has 0 aromatic heterocycles. The molecule has 5 heteroatoms. The van der Waals surface area contributed by atoms with Crippen LogP contribution in [0.1, 0.15) is 6.92 Å². The maximum atomic E-state index is 5.33. The first kappa shape index (κ1) is 14.4. The average molecular weight is 254 g/mol. The maximum Gasteiger partial charge on any atom is 0.164 e. The first-order valence-corrected chi connectivity index (χ1v) is 6.01. The normalized spacial score (nSPS) is 10.0. The van der Waals surface area contributed by atoms with Crippen molar-refractivity contribution in [2.45, 2.75) is 6.92 Å². The molecule has 0 amide bonds. The van der Waals surface area contributed by atoms with Gasteiger partial charge in [-0.15, -0.1) is 0 Å². The quantitative estimate of drug-likeness (QED) is 0.692. The van der Waals surface area contributed by atoms with Gasteiger partial charge in [0.1, 0.15) is 5.75 Å². The summed E-state index contributed by atoms with van der Waals surface area (Å²) in [5.74, 6) is 2.08. The van der Waals surface area contributed by atoms with Gasteiger partial charge in [0.15, 0.2) is 11.5 Å². The molecule has 0 spiro atoms. The van der Waals surface area contributed by atoms with Gasteiger partial charge >= 0.3 is 0 Å². The van der Waals surface area contributed by atoms with Gasteiger partial charge in [-0.2, -0.15) is 0 Å². The van der Waals surface area contributed by atoms with Crippen LogP contribution in [0.2, 0.25) is 0 Å². The number of hydrogen-bond acceptors (Lipinski definition) is 5. The summed E-state index contributed by atoms with van der Waals surface area (Å²) in [5, 5.41) is 6.55. The fourth-order valence-corrected chi connectivity index (χ4v) is 1.63. The highest BCUT2D eigenvalue weighted by molar-refractivity contribution is 5.64. The van der Waals surface area contributed by atoms with E-state index in [0.29, 0.717) is 11.5 Å². The Hall–Kier alpha value is -1.62. The third-order valence-corrected chi connectivity index (χ3v) is 2.57. The molecule has 0 unspecified atom stereocenters. The summed E-state index contributed by atoms with van der Waals surface area (Å²) >= 11 is 0. The maximum absolute atomic E-state index is 5.33. The molecule has 18 heavy (non-hydrogen) atoms. The van der Waals surface area contributed by atoms with E-state index in [1.54, 1.807) is 21.3 Å². The highest BCUT2D eigenvalue weighted by atomic mass is 16.5. The molecule has 1 aromatic rings. The summed E-state index contributed by atoms with van der Waals surface area (Å²) in [6.45, 7) is 4.76. The molecule has 0 aliphatic carbocycles. The fourth-order valence-electron chi connectivity index (χ4n) is 1.63. The van der Waals surface area contributed by atoms with Gasteiger partial charge in [-0.1, -0.05) is 6.92 Å². The highest BCUT2D eigenvalue weighted by Gasteiger charge is 2.11. The summed E-state index contributed by atoms with van der Waals surface area (Å²) in [7, 11) is 4.86. The van der Waals surface area contributed by atoms with Crippen LogP contribution in [0.15, 0.2) is 12.1 Å². The Morgan fingerprint density at radius 1 is 0.889 bits per heavy atom. The van der Waals surface area contributed by atoms with Crippen molar-refractivity contribution in [2.24, 2.45) is 0 Å². The lowest BCUT2D eigenvalue weighted by molar-refractivity contribution is 0.349. The van der Waals surface area contributed by atoms with Gasteiger partial charge in [0.25, 0.3) is 0 Å². The molecule has 0 aliphatic rings. The van der Waals surface area contributed by atoms with Crippen molar-refractivity contribution in [3.63, 3.8) is 0 Å². The topological polar surface area (TPSA) is 51.8 Å². The Labute approximate surface area is 108 Å². The zero-order valence-corrected chi connectivity index (χ0v) is 11.5. The summed E-state index contributed by atoms with van der Waals surface area (Å²) in [6.07, 6.45) is 0. The second-order valence-electron chi connectivity index (χ2n) is 3.69. The summed E-state index contributed by atoms with van der Waals surface area (Å²) < 4.78 is 15.8. The van der Waals surface area contributed by atoms with Crippen molar-refractivity contribution < 1.29 is 14.2 Å². The second-order valence-corrected chi connectivity index (χ2v) is 3.69. The first-order chi connectivity index (χ1) is 8.76. The van der Waals surface area contributed by atoms with E-state index < -0.39 is 0 Å². The van der Waals surface area contributed by atoms with Crippen LogP contribution in [-0.2, 0) is 0 Å². The highest BCUT2D eigenvalue weighted by Crippen LogP contribution is 2.37. The number of nitrogens with one attached hydrogen (secondary N) is 2. The van der Waals surface area contributed by atoms with E-state index in [1.807, 2.05) is 12.1 Å². The van der Waals surface area contributed by atoms with Crippen LogP contribution in [0, 0.1) is 0 Å². The monoisotopic (exact) mass is 254 g/mol. The van der Waals surface area contributed by atoms with E-state index in [2.05, 4.69) is 17.6 Å². The fraction of sp³-hybridized carbons (Fsp3) is 0.538. The SMILES string of the molecule is CCNCCNc1cc(OC)c(OC)cc1OC. The standard InChI is InChI=1S/C13H22N2O3/c1-5-14-6-7-15-10-8-12(17-3)13(18-4)9-11(10)16-2/h8-9,14-15H,5-7H2,1-4H3. The van der Waals surface area contributed by atoms with Crippen LogP contribution in [0.5, 0.6) is 17.2 Å². The van der Waals surface area contributed by atoms with Crippen LogP contribution in [0.25, 0.3) is 0 Å². The Balaban J connectivity index is 2.81. The third-order valence-electron chi connectivity index (χ3n) is 2.57. The van der Waals surface area contributed by atoms with E-state index in [-0.39, 0.29) is 0 Å². The molecule has 0 saturated carbocycles.